The lowest BCUT2D eigenvalue weighted by Gasteiger charge is -2.20. The average Bonchev–Trinajstić information content (AvgIpc) is 2.28. The van der Waals surface area contributed by atoms with Crippen LogP contribution in [0.2, 0.25) is 0 Å². The molecule has 1 aromatic rings. The molecule has 0 aromatic heterocycles. The summed E-state index contributed by atoms with van der Waals surface area (Å²) in [4.78, 5) is 0. The molecule has 10 heteroatoms. The molecule has 120 valence electrons. The van der Waals surface area contributed by atoms with Crippen molar-refractivity contribution in [3.8, 4) is 0 Å². The molecule has 0 aliphatic carbocycles. The molecule has 0 amide bonds. The Morgan fingerprint density at radius 3 is 2.00 bits per heavy atom. The van der Waals surface area contributed by atoms with Crippen molar-refractivity contribution < 1.29 is 39.9 Å². The lowest BCUT2D eigenvalue weighted by atomic mass is 10.1. The van der Waals surface area contributed by atoms with Crippen LogP contribution in [-0.2, 0) is 17.5 Å². The summed E-state index contributed by atoms with van der Waals surface area (Å²) in [5.74, 6) is -5.14. The zero-order valence-electron chi connectivity index (χ0n) is 10.2. The van der Waals surface area contributed by atoms with E-state index in [-0.39, 0.29) is 5.69 Å². The fourth-order valence-electron chi connectivity index (χ4n) is 1.35. The number of rotatable bonds is 4. The third kappa shape index (κ3) is 4.45. The van der Waals surface area contributed by atoms with Gasteiger partial charge in [0.05, 0.1) is 12.2 Å². The monoisotopic (exact) mass is 323 g/mol. The number of nitrogens with two attached hydrogens (primary N) is 1. The Labute approximate surface area is 113 Å². The summed E-state index contributed by atoms with van der Waals surface area (Å²) < 4.78 is 103. The molecule has 0 heterocycles. The van der Waals surface area contributed by atoms with Crippen molar-refractivity contribution in [2.75, 3.05) is 12.3 Å². The molecule has 0 bridgehead atoms. The predicted octanol–water partition coefficient (Wildman–Crippen LogP) is 4.00. The van der Waals surface area contributed by atoms with Crippen LogP contribution >= 0.6 is 0 Å². The topological polar surface area (TPSA) is 35.2 Å². The largest absolute Gasteiger partial charge is 0.455 e. The number of benzene rings is 1. The van der Waals surface area contributed by atoms with Crippen LogP contribution in [-0.4, -0.2) is 18.7 Å². The first-order valence-electron chi connectivity index (χ1n) is 5.32. The molecule has 0 saturated carbocycles. The summed E-state index contributed by atoms with van der Waals surface area (Å²) in [5.41, 5.74) is 3.10. The van der Waals surface area contributed by atoms with Crippen LogP contribution in [0.15, 0.2) is 18.2 Å². The second-order valence-corrected chi connectivity index (χ2v) is 4.11. The van der Waals surface area contributed by atoms with Gasteiger partial charge in [-0.1, -0.05) is 6.07 Å². The first-order valence-corrected chi connectivity index (χ1v) is 5.32. The smallest absolute Gasteiger partial charge is 0.399 e. The third-order valence-electron chi connectivity index (χ3n) is 2.39. The summed E-state index contributed by atoms with van der Waals surface area (Å²) in [6, 6.07) is 2.44. The number of ether oxygens (including phenoxy) is 1. The Bertz CT molecular complexity index is 494. The van der Waals surface area contributed by atoms with Crippen LogP contribution in [0.3, 0.4) is 0 Å². The number of halogens is 8. The normalized spacial score (nSPS) is 13.5. The maximum absolute atomic E-state index is 12.6. The Hall–Kier alpha value is -1.58. The number of alkyl halides is 8. The quantitative estimate of drug-likeness (QED) is 0.671. The van der Waals surface area contributed by atoms with Crippen LogP contribution in [0.1, 0.15) is 11.1 Å². The van der Waals surface area contributed by atoms with E-state index >= 15 is 0 Å². The van der Waals surface area contributed by atoms with Gasteiger partial charge in [-0.05, 0) is 17.7 Å². The van der Waals surface area contributed by atoms with Crippen LogP contribution in [0.4, 0.5) is 40.8 Å². The van der Waals surface area contributed by atoms with E-state index in [4.69, 9.17) is 5.73 Å². The van der Waals surface area contributed by atoms with E-state index in [0.717, 1.165) is 12.1 Å². The fourth-order valence-corrected chi connectivity index (χ4v) is 1.35. The highest BCUT2D eigenvalue weighted by molar-refractivity contribution is 5.45. The van der Waals surface area contributed by atoms with E-state index in [1.807, 2.05) is 0 Å². The van der Waals surface area contributed by atoms with Gasteiger partial charge in [0, 0.05) is 5.69 Å². The van der Waals surface area contributed by atoms with E-state index in [0.29, 0.717) is 6.07 Å². The highest BCUT2D eigenvalue weighted by atomic mass is 19.4. The minimum atomic E-state index is -5.83. The average molecular weight is 323 g/mol. The van der Waals surface area contributed by atoms with Crippen molar-refractivity contribution in [3.05, 3.63) is 29.3 Å². The summed E-state index contributed by atoms with van der Waals surface area (Å²) in [5, 5.41) is 0. The Morgan fingerprint density at radius 1 is 0.952 bits per heavy atom. The molecular formula is C11H9F8NO. The molecule has 1 aromatic carbocycles. The van der Waals surface area contributed by atoms with E-state index in [1.54, 1.807) is 0 Å². The second kappa shape index (κ2) is 5.66. The first-order chi connectivity index (χ1) is 9.34. The zero-order chi connectivity index (χ0) is 16.5. The van der Waals surface area contributed by atoms with Crippen LogP contribution < -0.4 is 5.73 Å². The zero-order valence-corrected chi connectivity index (χ0v) is 10.2. The fraction of sp³-hybridized carbons (Fsp3) is 0.455. The Morgan fingerprint density at radius 2 is 1.52 bits per heavy atom. The van der Waals surface area contributed by atoms with Crippen molar-refractivity contribution in [2.24, 2.45) is 0 Å². The van der Waals surface area contributed by atoms with Gasteiger partial charge >= 0.3 is 18.3 Å². The number of hydrogen-bond donors (Lipinski definition) is 1. The third-order valence-corrected chi connectivity index (χ3v) is 2.39. The lowest BCUT2D eigenvalue weighted by Crippen LogP contribution is -2.40. The molecule has 0 atom stereocenters. The van der Waals surface area contributed by atoms with Crippen molar-refractivity contribution in [1.29, 1.82) is 0 Å². The molecule has 0 radical (unpaired) electrons. The van der Waals surface area contributed by atoms with Gasteiger partial charge in [0.1, 0.15) is 6.61 Å². The van der Waals surface area contributed by atoms with Crippen molar-refractivity contribution in [2.45, 2.75) is 24.9 Å². The van der Waals surface area contributed by atoms with Gasteiger partial charge in [0.25, 0.3) is 0 Å². The van der Waals surface area contributed by atoms with Crippen molar-refractivity contribution in [1.82, 2.24) is 0 Å². The molecule has 0 spiro atoms. The Balaban J connectivity index is 2.82. The van der Waals surface area contributed by atoms with Gasteiger partial charge in [-0.25, -0.2) is 0 Å². The van der Waals surface area contributed by atoms with Crippen LogP contribution in [0, 0.1) is 0 Å². The van der Waals surface area contributed by atoms with E-state index in [9.17, 15) is 35.1 Å². The number of anilines is 1. The van der Waals surface area contributed by atoms with E-state index < -0.39 is 42.6 Å². The van der Waals surface area contributed by atoms with E-state index in [2.05, 4.69) is 4.74 Å². The predicted molar refractivity (Wildman–Crippen MR) is 56.5 cm³/mol. The minimum Gasteiger partial charge on any atom is -0.399 e. The summed E-state index contributed by atoms with van der Waals surface area (Å²) in [6.45, 7) is -3.13. The molecule has 0 aliphatic heterocycles. The van der Waals surface area contributed by atoms with E-state index in [1.165, 1.54) is 0 Å². The standard InChI is InChI=1S/C11H9F8NO/c12-9(13,11(17,18)19)5-21-4-6-1-2-7(20)3-8(6)10(14,15)16/h1-3H,4-5,20H2. The van der Waals surface area contributed by atoms with Crippen LogP contribution in [0.5, 0.6) is 0 Å². The Kier molecular flexibility index (Phi) is 4.71. The highest BCUT2D eigenvalue weighted by Crippen LogP contribution is 2.37. The number of nitrogen functional groups attached to an aromatic ring is 1. The maximum Gasteiger partial charge on any atom is 0.455 e. The number of hydrogen-bond acceptors (Lipinski definition) is 2. The van der Waals surface area contributed by atoms with Crippen molar-refractivity contribution in [3.63, 3.8) is 0 Å². The van der Waals surface area contributed by atoms with Gasteiger partial charge in [-0.15, -0.1) is 0 Å². The molecule has 0 unspecified atom stereocenters. The molecule has 21 heavy (non-hydrogen) atoms. The SMILES string of the molecule is Nc1ccc(COCC(F)(F)C(F)(F)F)c(C(F)(F)F)c1. The highest BCUT2D eigenvalue weighted by Gasteiger charge is 2.57. The molecule has 2 N–H and O–H groups in total. The second-order valence-electron chi connectivity index (χ2n) is 4.11. The van der Waals surface area contributed by atoms with Crippen LogP contribution in [0.25, 0.3) is 0 Å². The molecule has 0 aliphatic rings. The first kappa shape index (κ1) is 17.5. The maximum atomic E-state index is 12.6. The molecule has 1 rings (SSSR count). The van der Waals surface area contributed by atoms with Gasteiger partial charge in [0.15, 0.2) is 0 Å². The van der Waals surface area contributed by atoms with Gasteiger partial charge in [-0.2, -0.15) is 35.1 Å². The molecular weight excluding hydrogens is 314 g/mol. The van der Waals surface area contributed by atoms with Gasteiger partial charge in [0.2, 0.25) is 0 Å². The minimum absolute atomic E-state index is 0.230. The van der Waals surface area contributed by atoms with Crippen molar-refractivity contribution >= 4 is 5.69 Å². The molecule has 2 nitrogen and oxygen atoms in total. The summed E-state index contributed by atoms with van der Waals surface area (Å²) in [6.07, 6.45) is -10.7. The summed E-state index contributed by atoms with van der Waals surface area (Å²) >= 11 is 0. The lowest BCUT2D eigenvalue weighted by molar-refractivity contribution is -0.297. The van der Waals surface area contributed by atoms with Gasteiger partial charge < -0.3 is 10.5 Å². The molecule has 0 fully saturated rings. The molecule has 0 saturated heterocycles. The summed E-state index contributed by atoms with van der Waals surface area (Å²) in [7, 11) is 0. The van der Waals surface area contributed by atoms with Gasteiger partial charge in [-0.3, -0.25) is 0 Å².